The van der Waals surface area contributed by atoms with Gasteiger partial charge in [-0.2, -0.15) is 0 Å². The van der Waals surface area contributed by atoms with E-state index < -0.39 is 12.2 Å². The minimum Gasteiger partial charge on any atom is -0.508 e. The van der Waals surface area contributed by atoms with E-state index in [1.54, 1.807) is 0 Å². The first-order valence-electron chi connectivity index (χ1n) is 6.37. The molecule has 0 saturated heterocycles. The highest BCUT2D eigenvalue weighted by Gasteiger charge is 2.35. The van der Waals surface area contributed by atoms with Crippen LogP contribution in [0.4, 0.5) is 0 Å². The molecule has 0 aromatic heterocycles. The van der Waals surface area contributed by atoms with Crippen molar-refractivity contribution in [2.24, 2.45) is 0 Å². The molecule has 0 aliphatic carbocycles. The lowest BCUT2D eigenvalue weighted by Crippen LogP contribution is -2.30. The van der Waals surface area contributed by atoms with Gasteiger partial charge >= 0.3 is 0 Å². The molecule has 0 amide bonds. The molecule has 2 aromatic carbocycles. The number of hydrogen-bond acceptors (Lipinski definition) is 6. The van der Waals surface area contributed by atoms with Gasteiger partial charge in [-0.15, -0.1) is 0 Å². The standard InChI is InChI=1S/C15H14O6/c16-7-4-11(19)8-6-12(20)15(21-13(8)5-7)14-9(17)2-1-3-10(14)18/h1-5,12,15-20H,6H2. The van der Waals surface area contributed by atoms with E-state index in [2.05, 4.69) is 0 Å². The van der Waals surface area contributed by atoms with Crippen molar-refractivity contribution in [2.75, 3.05) is 0 Å². The monoisotopic (exact) mass is 290 g/mol. The Bertz CT molecular complexity index is 677. The Morgan fingerprint density at radius 1 is 0.952 bits per heavy atom. The number of benzene rings is 2. The first kappa shape index (κ1) is 13.4. The van der Waals surface area contributed by atoms with Gasteiger partial charge in [0.15, 0.2) is 6.10 Å². The summed E-state index contributed by atoms with van der Waals surface area (Å²) >= 11 is 0. The van der Waals surface area contributed by atoms with E-state index >= 15 is 0 Å². The third kappa shape index (κ3) is 2.19. The normalized spacial score (nSPS) is 20.6. The average molecular weight is 290 g/mol. The van der Waals surface area contributed by atoms with E-state index in [0.717, 1.165) is 6.07 Å². The van der Waals surface area contributed by atoms with E-state index in [1.165, 1.54) is 24.3 Å². The summed E-state index contributed by atoms with van der Waals surface area (Å²) in [6, 6.07) is 6.69. The summed E-state index contributed by atoms with van der Waals surface area (Å²) in [6.45, 7) is 0. The number of fused-ring (bicyclic) bond motifs is 1. The van der Waals surface area contributed by atoms with Crippen molar-refractivity contribution >= 4 is 0 Å². The fraction of sp³-hybridized carbons (Fsp3) is 0.200. The van der Waals surface area contributed by atoms with Gasteiger partial charge < -0.3 is 30.3 Å². The SMILES string of the molecule is Oc1cc(O)c2c(c1)OC(c1c(O)cccc1O)C(O)C2. The number of aliphatic hydroxyl groups excluding tert-OH is 1. The van der Waals surface area contributed by atoms with Crippen LogP contribution < -0.4 is 4.74 Å². The highest BCUT2D eigenvalue weighted by molar-refractivity contribution is 5.53. The van der Waals surface area contributed by atoms with Crippen LogP contribution in [0.15, 0.2) is 30.3 Å². The molecule has 110 valence electrons. The zero-order chi connectivity index (χ0) is 15.1. The molecule has 21 heavy (non-hydrogen) atoms. The molecule has 1 aliphatic heterocycles. The average Bonchev–Trinajstić information content (AvgIpc) is 2.40. The molecule has 2 atom stereocenters. The second-order valence-electron chi connectivity index (χ2n) is 4.96. The second kappa shape index (κ2) is 4.75. The van der Waals surface area contributed by atoms with Gasteiger partial charge in [-0.05, 0) is 12.1 Å². The van der Waals surface area contributed by atoms with Gasteiger partial charge in [0.05, 0.1) is 11.7 Å². The maximum absolute atomic E-state index is 10.2. The highest BCUT2D eigenvalue weighted by Crippen LogP contribution is 2.45. The van der Waals surface area contributed by atoms with Crippen LogP contribution in [0.2, 0.25) is 0 Å². The van der Waals surface area contributed by atoms with Crippen molar-refractivity contribution < 1.29 is 30.3 Å². The minimum atomic E-state index is -1.06. The molecule has 0 fully saturated rings. The minimum absolute atomic E-state index is 0.0680. The molecule has 0 saturated carbocycles. The van der Waals surface area contributed by atoms with Gasteiger partial charge in [-0.25, -0.2) is 0 Å². The Hall–Kier alpha value is -2.60. The van der Waals surface area contributed by atoms with Crippen LogP contribution in [-0.2, 0) is 6.42 Å². The van der Waals surface area contributed by atoms with Gasteiger partial charge in [-0.1, -0.05) is 6.07 Å². The fourth-order valence-electron chi connectivity index (χ4n) is 2.54. The van der Waals surface area contributed by atoms with Gasteiger partial charge in [0.2, 0.25) is 0 Å². The van der Waals surface area contributed by atoms with Gasteiger partial charge in [0.25, 0.3) is 0 Å². The summed E-state index contributed by atoms with van der Waals surface area (Å²) in [6.07, 6.45) is -1.99. The van der Waals surface area contributed by atoms with Gasteiger partial charge in [0.1, 0.15) is 28.7 Å². The Labute approximate surface area is 120 Å². The molecule has 6 nitrogen and oxygen atoms in total. The quantitative estimate of drug-likeness (QED) is 0.545. The van der Waals surface area contributed by atoms with Crippen LogP contribution in [0.3, 0.4) is 0 Å². The zero-order valence-electron chi connectivity index (χ0n) is 10.9. The summed E-state index contributed by atoms with van der Waals surface area (Å²) in [5.74, 6) is -0.559. The molecule has 0 radical (unpaired) electrons. The molecular formula is C15H14O6. The van der Waals surface area contributed by atoms with Crippen LogP contribution in [0.5, 0.6) is 28.7 Å². The van der Waals surface area contributed by atoms with Crippen LogP contribution >= 0.6 is 0 Å². The number of aliphatic hydroxyl groups is 1. The molecule has 2 aromatic rings. The van der Waals surface area contributed by atoms with Crippen LogP contribution in [0.1, 0.15) is 17.2 Å². The van der Waals surface area contributed by atoms with E-state index in [4.69, 9.17) is 4.74 Å². The molecule has 1 heterocycles. The summed E-state index contributed by atoms with van der Waals surface area (Å²) in [4.78, 5) is 0. The van der Waals surface area contributed by atoms with Crippen molar-refractivity contribution in [1.82, 2.24) is 0 Å². The van der Waals surface area contributed by atoms with Crippen molar-refractivity contribution in [3.8, 4) is 28.7 Å². The van der Waals surface area contributed by atoms with Crippen molar-refractivity contribution in [2.45, 2.75) is 18.6 Å². The fourth-order valence-corrected chi connectivity index (χ4v) is 2.54. The van der Waals surface area contributed by atoms with E-state index in [9.17, 15) is 25.5 Å². The maximum Gasteiger partial charge on any atom is 0.157 e. The lowest BCUT2D eigenvalue weighted by atomic mass is 9.93. The van der Waals surface area contributed by atoms with Crippen LogP contribution in [-0.4, -0.2) is 31.6 Å². The number of rotatable bonds is 1. The molecule has 2 unspecified atom stereocenters. The Morgan fingerprint density at radius 3 is 2.29 bits per heavy atom. The maximum atomic E-state index is 10.2. The summed E-state index contributed by atoms with van der Waals surface area (Å²) in [7, 11) is 0. The smallest absolute Gasteiger partial charge is 0.157 e. The molecule has 0 spiro atoms. The number of phenols is 4. The largest absolute Gasteiger partial charge is 0.508 e. The molecule has 6 heteroatoms. The van der Waals surface area contributed by atoms with Crippen LogP contribution in [0.25, 0.3) is 0 Å². The molecule has 3 rings (SSSR count). The van der Waals surface area contributed by atoms with Crippen molar-refractivity contribution in [1.29, 1.82) is 0 Å². The predicted molar refractivity (Wildman–Crippen MR) is 72.6 cm³/mol. The first-order chi connectivity index (χ1) is 9.97. The van der Waals surface area contributed by atoms with Crippen LogP contribution in [0, 0.1) is 0 Å². The van der Waals surface area contributed by atoms with Crippen molar-refractivity contribution in [3.05, 3.63) is 41.5 Å². The summed E-state index contributed by atoms with van der Waals surface area (Å²) in [5.41, 5.74) is 0.435. The molecular weight excluding hydrogens is 276 g/mol. The number of phenolic OH excluding ortho intramolecular Hbond substituents is 4. The van der Waals surface area contributed by atoms with Gasteiger partial charge in [0, 0.05) is 24.1 Å². The lowest BCUT2D eigenvalue weighted by Gasteiger charge is -2.31. The Kier molecular flexibility index (Phi) is 3.03. The first-order valence-corrected chi connectivity index (χ1v) is 6.37. The number of ether oxygens (including phenoxy) is 1. The topological polar surface area (TPSA) is 110 Å². The molecule has 1 aliphatic rings. The number of hydrogen-bond donors (Lipinski definition) is 5. The molecule has 0 bridgehead atoms. The highest BCUT2D eigenvalue weighted by atomic mass is 16.5. The summed E-state index contributed by atoms with van der Waals surface area (Å²) in [5, 5.41) is 49.2. The third-order valence-corrected chi connectivity index (χ3v) is 3.53. The van der Waals surface area contributed by atoms with Gasteiger partial charge in [-0.3, -0.25) is 0 Å². The third-order valence-electron chi connectivity index (χ3n) is 3.53. The van der Waals surface area contributed by atoms with E-state index in [1.807, 2.05) is 0 Å². The Morgan fingerprint density at radius 2 is 1.62 bits per heavy atom. The van der Waals surface area contributed by atoms with E-state index in [0.29, 0.717) is 5.56 Å². The number of aromatic hydroxyl groups is 4. The van der Waals surface area contributed by atoms with Crippen molar-refractivity contribution in [3.63, 3.8) is 0 Å². The lowest BCUT2D eigenvalue weighted by molar-refractivity contribution is 0.0172. The zero-order valence-corrected chi connectivity index (χ0v) is 10.9. The predicted octanol–water partition coefficient (Wildman–Crippen LogP) is 1.55. The Balaban J connectivity index is 2.07. The summed E-state index contributed by atoms with van der Waals surface area (Å²) < 4.78 is 5.56. The van der Waals surface area contributed by atoms with E-state index in [-0.39, 0.29) is 40.7 Å². The molecule has 5 N–H and O–H groups in total. The second-order valence-corrected chi connectivity index (χ2v) is 4.96.